The van der Waals surface area contributed by atoms with Crippen LogP contribution in [0.4, 0.5) is 5.69 Å². The number of ether oxygens (including phenoxy) is 1. The number of methoxy groups -OCH3 is 1. The first kappa shape index (κ1) is 13.6. The van der Waals surface area contributed by atoms with E-state index in [9.17, 15) is 0 Å². The molecule has 2 aromatic carbocycles. The summed E-state index contributed by atoms with van der Waals surface area (Å²) in [5.74, 6) is 0.573. The topological polar surface area (TPSA) is 50.9 Å². The molecule has 2 N–H and O–H groups in total. The van der Waals surface area contributed by atoms with E-state index in [1.54, 1.807) is 7.11 Å². The predicted molar refractivity (Wildman–Crippen MR) is 85.3 cm³/mol. The van der Waals surface area contributed by atoms with Gasteiger partial charge in [-0.3, -0.25) is 4.99 Å². The smallest absolute Gasteiger partial charge is 0.196 e. The molecular weight excluding hydrogens is 262 g/mol. The maximum absolute atomic E-state index is 6.09. The SMILES string of the molecule is COCc1cccc(C2CN=C(N)N2c2ccccc2)c1. The van der Waals surface area contributed by atoms with E-state index in [-0.39, 0.29) is 6.04 Å². The average molecular weight is 281 g/mol. The summed E-state index contributed by atoms with van der Waals surface area (Å²) in [7, 11) is 1.71. The molecule has 0 aromatic heterocycles. The highest BCUT2D eigenvalue weighted by Gasteiger charge is 2.28. The minimum absolute atomic E-state index is 0.143. The molecule has 21 heavy (non-hydrogen) atoms. The summed E-state index contributed by atoms with van der Waals surface area (Å²) < 4.78 is 5.21. The highest BCUT2D eigenvalue weighted by molar-refractivity contribution is 5.97. The third-order valence-corrected chi connectivity index (χ3v) is 3.67. The van der Waals surface area contributed by atoms with Crippen molar-refractivity contribution in [2.45, 2.75) is 12.6 Å². The van der Waals surface area contributed by atoms with Gasteiger partial charge in [-0.1, -0.05) is 42.5 Å². The highest BCUT2D eigenvalue weighted by atomic mass is 16.5. The fraction of sp³-hybridized carbons (Fsp3) is 0.235. The van der Waals surface area contributed by atoms with Crippen molar-refractivity contribution < 1.29 is 4.74 Å². The number of nitrogens with zero attached hydrogens (tertiary/aromatic N) is 2. The molecule has 0 aliphatic carbocycles. The van der Waals surface area contributed by atoms with Crippen molar-refractivity contribution in [1.29, 1.82) is 0 Å². The molecule has 1 atom stereocenters. The zero-order valence-electron chi connectivity index (χ0n) is 12.1. The van der Waals surface area contributed by atoms with Crippen LogP contribution in [-0.2, 0) is 11.3 Å². The van der Waals surface area contributed by atoms with Crippen LogP contribution in [-0.4, -0.2) is 19.6 Å². The maximum Gasteiger partial charge on any atom is 0.196 e. The summed E-state index contributed by atoms with van der Waals surface area (Å²) >= 11 is 0. The Balaban J connectivity index is 1.93. The molecule has 1 unspecified atom stereocenters. The molecule has 0 saturated carbocycles. The van der Waals surface area contributed by atoms with Gasteiger partial charge in [0.1, 0.15) is 0 Å². The van der Waals surface area contributed by atoms with Gasteiger partial charge in [0, 0.05) is 12.8 Å². The molecule has 0 bridgehead atoms. The molecule has 2 aromatic rings. The Bertz CT molecular complexity index is 639. The Labute approximate surface area is 124 Å². The largest absolute Gasteiger partial charge is 0.380 e. The van der Waals surface area contributed by atoms with Crippen molar-refractivity contribution in [3.05, 3.63) is 65.7 Å². The lowest BCUT2D eigenvalue weighted by atomic mass is 10.0. The maximum atomic E-state index is 6.09. The van der Waals surface area contributed by atoms with Gasteiger partial charge < -0.3 is 15.4 Å². The molecule has 0 saturated heterocycles. The minimum atomic E-state index is 0.143. The second kappa shape index (κ2) is 5.97. The van der Waals surface area contributed by atoms with Crippen LogP contribution in [0.1, 0.15) is 17.2 Å². The lowest BCUT2D eigenvalue weighted by Crippen LogP contribution is -2.36. The highest BCUT2D eigenvalue weighted by Crippen LogP contribution is 2.31. The summed E-state index contributed by atoms with van der Waals surface area (Å²) in [6, 6.07) is 18.7. The number of hydrogen-bond donors (Lipinski definition) is 1. The lowest BCUT2D eigenvalue weighted by Gasteiger charge is -2.27. The van der Waals surface area contributed by atoms with Gasteiger partial charge in [-0.15, -0.1) is 0 Å². The minimum Gasteiger partial charge on any atom is -0.380 e. The number of aliphatic imine (C=N–C) groups is 1. The molecule has 0 fully saturated rings. The molecule has 108 valence electrons. The van der Waals surface area contributed by atoms with Gasteiger partial charge in [0.15, 0.2) is 5.96 Å². The standard InChI is InChI=1S/C17H19N3O/c1-21-12-13-6-5-7-14(10-13)16-11-19-17(18)20(16)15-8-3-2-4-9-15/h2-10,16H,11-12H2,1H3,(H2,18,19). The number of guanidine groups is 1. The molecule has 0 spiro atoms. The van der Waals surface area contributed by atoms with Gasteiger partial charge in [0.2, 0.25) is 0 Å². The van der Waals surface area contributed by atoms with Crippen LogP contribution in [0, 0.1) is 0 Å². The van der Waals surface area contributed by atoms with Crippen molar-refractivity contribution >= 4 is 11.6 Å². The van der Waals surface area contributed by atoms with Gasteiger partial charge >= 0.3 is 0 Å². The van der Waals surface area contributed by atoms with Gasteiger partial charge in [0.25, 0.3) is 0 Å². The van der Waals surface area contributed by atoms with Crippen LogP contribution >= 0.6 is 0 Å². The fourth-order valence-corrected chi connectivity index (χ4v) is 2.71. The van der Waals surface area contributed by atoms with Crippen LogP contribution in [0.2, 0.25) is 0 Å². The van der Waals surface area contributed by atoms with Gasteiger partial charge in [-0.2, -0.15) is 0 Å². The summed E-state index contributed by atoms with van der Waals surface area (Å²) in [6.07, 6.45) is 0. The Kier molecular flexibility index (Phi) is 3.88. The zero-order valence-corrected chi connectivity index (χ0v) is 12.1. The summed E-state index contributed by atoms with van der Waals surface area (Å²) in [5.41, 5.74) is 9.52. The molecule has 4 heteroatoms. The molecular formula is C17H19N3O. The van der Waals surface area contributed by atoms with Gasteiger partial charge in [0.05, 0.1) is 19.2 Å². The van der Waals surface area contributed by atoms with Crippen molar-refractivity contribution in [3.63, 3.8) is 0 Å². The Morgan fingerprint density at radius 1 is 1.19 bits per heavy atom. The number of para-hydroxylation sites is 1. The molecule has 1 heterocycles. The van der Waals surface area contributed by atoms with Gasteiger partial charge in [-0.05, 0) is 23.3 Å². The van der Waals surface area contributed by atoms with Crippen LogP contribution in [0.25, 0.3) is 0 Å². The van der Waals surface area contributed by atoms with E-state index in [1.807, 2.05) is 18.2 Å². The van der Waals surface area contributed by atoms with E-state index in [4.69, 9.17) is 10.5 Å². The van der Waals surface area contributed by atoms with E-state index in [0.29, 0.717) is 19.1 Å². The summed E-state index contributed by atoms with van der Waals surface area (Å²) in [4.78, 5) is 6.51. The Hall–Kier alpha value is -2.33. The lowest BCUT2D eigenvalue weighted by molar-refractivity contribution is 0.185. The second-order valence-corrected chi connectivity index (χ2v) is 5.10. The summed E-state index contributed by atoms with van der Waals surface area (Å²) in [5, 5.41) is 0. The van der Waals surface area contributed by atoms with E-state index in [1.165, 1.54) is 5.56 Å². The first-order valence-corrected chi connectivity index (χ1v) is 7.01. The number of anilines is 1. The van der Waals surface area contributed by atoms with E-state index >= 15 is 0 Å². The van der Waals surface area contributed by atoms with Crippen molar-refractivity contribution in [1.82, 2.24) is 0 Å². The average Bonchev–Trinajstić information content (AvgIpc) is 2.90. The number of benzene rings is 2. The second-order valence-electron chi connectivity index (χ2n) is 5.10. The molecule has 1 aliphatic heterocycles. The molecule has 4 nitrogen and oxygen atoms in total. The van der Waals surface area contributed by atoms with Crippen molar-refractivity contribution in [2.24, 2.45) is 10.7 Å². The van der Waals surface area contributed by atoms with Crippen LogP contribution in [0.15, 0.2) is 59.6 Å². The van der Waals surface area contributed by atoms with Crippen molar-refractivity contribution in [3.8, 4) is 0 Å². The fourth-order valence-electron chi connectivity index (χ4n) is 2.71. The molecule has 3 rings (SSSR count). The zero-order chi connectivity index (χ0) is 14.7. The van der Waals surface area contributed by atoms with Crippen LogP contribution in [0.5, 0.6) is 0 Å². The van der Waals surface area contributed by atoms with Crippen molar-refractivity contribution in [2.75, 3.05) is 18.6 Å². The monoisotopic (exact) mass is 281 g/mol. The third-order valence-electron chi connectivity index (χ3n) is 3.67. The quantitative estimate of drug-likeness (QED) is 0.937. The van der Waals surface area contributed by atoms with Gasteiger partial charge in [-0.25, -0.2) is 0 Å². The number of nitrogens with two attached hydrogens (primary N) is 1. The molecule has 1 aliphatic rings. The van der Waals surface area contributed by atoms with Crippen LogP contribution < -0.4 is 10.6 Å². The first-order valence-electron chi connectivity index (χ1n) is 7.01. The Morgan fingerprint density at radius 3 is 2.76 bits per heavy atom. The molecule has 0 radical (unpaired) electrons. The predicted octanol–water partition coefficient (Wildman–Crippen LogP) is 2.71. The van der Waals surface area contributed by atoms with E-state index < -0.39 is 0 Å². The first-order chi connectivity index (χ1) is 10.3. The normalized spacial score (nSPS) is 17.9. The molecule has 0 amide bonds. The summed E-state index contributed by atoms with van der Waals surface area (Å²) in [6.45, 7) is 1.29. The van der Waals surface area contributed by atoms with E-state index in [2.05, 4.69) is 46.3 Å². The number of hydrogen-bond acceptors (Lipinski definition) is 4. The number of rotatable bonds is 4. The van der Waals surface area contributed by atoms with Crippen LogP contribution in [0.3, 0.4) is 0 Å². The Morgan fingerprint density at radius 2 is 2.00 bits per heavy atom. The third kappa shape index (κ3) is 2.76. The van der Waals surface area contributed by atoms with E-state index in [0.717, 1.165) is 11.3 Å².